The van der Waals surface area contributed by atoms with Gasteiger partial charge in [0.2, 0.25) is 0 Å². The number of carbonyl (C=O) groups excluding carboxylic acids is 1. The summed E-state index contributed by atoms with van der Waals surface area (Å²) in [5, 5.41) is 3.61. The number of rotatable bonds is 6. The number of ether oxygens (including phenoxy) is 1. The van der Waals surface area contributed by atoms with Crippen LogP contribution in [0.2, 0.25) is 0 Å². The Balaban J connectivity index is 1.86. The van der Waals surface area contributed by atoms with Crippen LogP contribution in [0.5, 0.6) is 0 Å². The smallest absolute Gasteiger partial charge is 0.407 e. The van der Waals surface area contributed by atoms with Crippen molar-refractivity contribution in [2.45, 2.75) is 44.6 Å². The van der Waals surface area contributed by atoms with E-state index in [1.165, 1.54) is 12.4 Å². The molecule has 0 saturated carbocycles. The van der Waals surface area contributed by atoms with Gasteiger partial charge in [0.15, 0.2) is 16.8 Å². The summed E-state index contributed by atoms with van der Waals surface area (Å²) in [7, 11) is 0. The second-order valence-electron chi connectivity index (χ2n) is 9.47. The molecule has 1 N–H and O–H groups in total. The van der Waals surface area contributed by atoms with Crippen LogP contribution in [0.15, 0.2) is 57.5 Å². The fraction of sp³-hybridized carbons (Fsp3) is 0.269. The van der Waals surface area contributed by atoms with E-state index in [2.05, 4.69) is 15.3 Å². The minimum absolute atomic E-state index is 0.00258. The molecular formula is C26H24F3N5O4S. The third kappa shape index (κ3) is 5.98. The number of aromatic nitrogens is 4. The molecule has 0 saturated heterocycles. The fourth-order valence-corrected chi connectivity index (χ4v) is 4.45. The molecule has 2 aromatic heterocycles. The zero-order valence-electron chi connectivity index (χ0n) is 21.4. The summed E-state index contributed by atoms with van der Waals surface area (Å²) in [5.41, 5.74) is -2.22. The van der Waals surface area contributed by atoms with E-state index in [1.54, 1.807) is 45.2 Å². The SMILES string of the molecule is CSc1nc(=O)n(-c2cncc3cccc(CNC(=O)OC(C)(C)C)c23)c(=O)n1Cc1cc(F)c(F)cc1F. The van der Waals surface area contributed by atoms with Gasteiger partial charge in [-0.2, -0.15) is 4.98 Å². The van der Waals surface area contributed by atoms with E-state index in [9.17, 15) is 27.6 Å². The highest BCUT2D eigenvalue weighted by atomic mass is 32.2. The molecule has 9 nitrogen and oxygen atoms in total. The summed E-state index contributed by atoms with van der Waals surface area (Å²) < 4.78 is 48.8. The number of carbonyl (C=O) groups is 1. The van der Waals surface area contributed by atoms with Gasteiger partial charge in [-0.3, -0.25) is 9.55 Å². The predicted octanol–water partition coefficient (Wildman–Crippen LogP) is 4.15. The van der Waals surface area contributed by atoms with Gasteiger partial charge in [0.1, 0.15) is 11.4 Å². The predicted molar refractivity (Wildman–Crippen MR) is 140 cm³/mol. The highest BCUT2D eigenvalue weighted by Gasteiger charge is 2.21. The topological polar surface area (TPSA) is 108 Å². The lowest BCUT2D eigenvalue weighted by atomic mass is 10.0. The molecule has 2 heterocycles. The van der Waals surface area contributed by atoms with Crippen molar-refractivity contribution in [2.24, 2.45) is 0 Å². The van der Waals surface area contributed by atoms with Crippen LogP contribution < -0.4 is 16.7 Å². The third-order valence-electron chi connectivity index (χ3n) is 5.55. The average molecular weight is 560 g/mol. The molecule has 0 aliphatic carbocycles. The van der Waals surface area contributed by atoms with Gasteiger partial charge in [0, 0.05) is 35.1 Å². The van der Waals surface area contributed by atoms with Crippen LogP contribution >= 0.6 is 11.8 Å². The first-order valence-electron chi connectivity index (χ1n) is 11.6. The second kappa shape index (κ2) is 10.9. The summed E-state index contributed by atoms with van der Waals surface area (Å²) in [6.07, 6.45) is 3.73. The number of nitrogens with one attached hydrogen (secondary N) is 1. The third-order valence-corrected chi connectivity index (χ3v) is 6.23. The van der Waals surface area contributed by atoms with Gasteiger partial charge in [-0.05, 0) is 38.7 Å². The maximum absolute atomic E-state index is 14.4. The molecule has 1 amide bonds. The van der Waals surface area contributed by atoms with Crippen LogP contribution in [0.25, 0.3) is 16.5 Å². The molecule has 0 spiro atoms. The summed E-state index contributed by atoms with van der Waals surface area (Å²) in [6, 6.07) is 6.18. The van der Waals surface area contributed by atoms with Crippen molar-refractivity contribution in [2.75, 3.05) is 6.26 Å². The van der Waals surface area contributed by atoms with E-state index in [-0.39, 0.29) is 23.0 Å². The molecule has 0 unspecified atom stereocenters. The number of thioether (sulfide) groups is 1. The monoisotopic (exact) mass is 559 g/mol. The van der Waals surface area contributed by atoms with Crippen LogP contribution in [-0.4, -0.2) is 37.1 Å². The summed E-state index contributed by atoms with van der Waals surface area (Å²) >= 11 is 0.954. The van der Waals surface area contributed by atoms with Crippen molar-refractivity contribution in [3.63, 3.8) is 0 Å². The molecule has 0 fully saturated rings. The molecule has 0 radical (unpaired) electrons. The first-order valence-corrected chi connectivity index (χ1v) is 12.9. The van der Waals surface area contributed by atoms with Crippen molar-refractivity contribution in [3.05, 3.63) is 92.3 Å². The van der Waals surface area contributed by atoms with Crippen LogP contribution in [0, 0.1) is 17.5 Å². The minimum atomic E-state index is -1.37. The minimum Gasteiger partial charge on any atom is -0.444 e. The highest BCUT2D eigenvalue weighted by Crippen LogP contribution is 2.24. The normalized spacial score (nSPS) is 11.6. The van der Waals surface area contributed by atoms with Crippen molar-refractivity contribution in [1.29, 1.82) is 0 Å². The Morgan fingerprint density at radius 2 is 1.77 bits per heavy atom. The second-order valence-corrected chi connectivity index (χ2v) is 10.2. The van der Waals surface area contributed by atoms with Crippen LogP contribution in [0.3, 0.4) is 0 Å². The van der Waals surface area contributed by atoms with Crippen LogP contribution in [-0.2, 0) is 17.8 Å². The summed E-state index contributed by atoms with van der Waals surface area (Å²) in [4.78, 5) is 47.1. The number of nitrogens with zero attached hydrogens (tertiary/aromatic N) is 4. The molecule has 204 valence electrons. The van der Waals surface area contributed by atoms with E-state index in [4.69, 9.17) is 4.74 Å². The zero-order chi connectivity index (χ0) is 28.5. The zero-order valence-corrected chi connectivity index (χ0v) is 22.2. The molecule has 0 bridgehead atoms. The Hall–Kier alpha value is -4.13. The van der Waals surface area contributed by atoms with E-state index in [0.717, 1.165) is 20.9 Å². The molecule has 13 heteroatoms. The first-order chi connectivity index (χ1) is 18.4. The fourth-order valence-electron chi connectivity index (χ4n) is 3.92. The number of hydrogen-bond acceptors (Lipinski definition) is 7. The van der Waals surface area contributed by atoms with Crippen molar-refractivity contribution in [3.8, 4) is 5.69 Å². The van der Waals surface area contributed by atoms with E-state index in [1.807, 2.05) is 0 Å². The number of benzene rings is 2. The number of fused-ring (bicyclic) bond motifs is 1. The molecular weight excluding hydrogens is 535 g/mol. The van der Waals surface area contributed by atoms with E-state index in [0.29, 0.717) is 28.5 Å². The Morgan fingerprint density at radius 1 is 1.05 bits per heavy atom. The van der Waals surface area contributed by atoms with Gasteiger partial charge in [-0.25, -0.2) is 32.1 Å². The molecule has 0 aliphatic rings. The van der Waals surface area contributed by atoms with Crippen LogP contribution in [0.1, 0.15) is 31.9 Å². The number of alkyl carbamates (subject to hydrolysis) is 1. The van der Waals surface area contributed by atoms with Gasteiger partial charge in [-0.1, -0.05) is 30.0 Å². The maximum atomic E-state index is 14.4. The summed E-state index contributed by atoms with van der Waals surface area (Å²) in [6.45, 7) is 4.66. The molecule has 2 aromatic carbocycles. The molecule has 0 atom stereocenters. The van der Waals surface area contributed by atoms with Gasteiger partial charge < -0.3 is 10.1 Å². The van der Waals surface area contributed by atoms with E-state index < -0.39 is 47.1 Å². The number of hydrogen-bond donors (Lipinski definition) is 1. The summed E-state index contributed by atoms with van der Waals surface area (Å²) in [5.74, 6) is -3.72. The number of pyridine rings is 1. The molecule has 4 aromatic rings. The van der Waals surface area contributed by atoms with E-state index >= 15 is 0 Å². The van der Waals surface area contributed by atoms with Gasteiger partial charge >= 0.3 is 17.5 Å². The number of amides is 1. The first kappa shape index (κ1) is 27.9. The highest BCUT2D eigenvalue weighted by molar-refractivity contribution is 7.98. The average Bonchev–Trinajstić information content (AvgIpc) is 2.86. The van der Waals surface area contributed by atoms with Crippen LogP contribution in [0.4, 0.5) is 18.0 Å². The van der Waals surface area contributed by atoms with Gasteiger partial charge in [0.05, 0.1) is 18.4 Å². The Morgan fingerprint density at radius 3 is 2.46 bits per heavy atom. The molecule has 0 aliphatic heterocycles. The number of halogens is 3. The van der Waals surface area contributed by atoms with Crippen molar-refractivity contribution < 1.29 is 22.7 Å². The molecule has 39 heavy (non-hydrogen) atoms. The lowest BCUT2D eigenvalue weighted by Crippen LogP contribution is -2.42. The quantitative estimate of drug-likeness (QED) is 0.279. The Labute approximate surface area is 224 Å². The lowest BCUT2D eigenvalue weighted by molar-refractivity contribution is 0.0523. The van der Waals surface area contributed by atoms with Gasteiger partial charge in [-0.15, -0.1) is 0 Å². The maximum Gasteiger partial charge on any atom is 0.407 e. The standard InChI is InChI=1S/C26H24F3N5O4S/c1-26(2,3)38-24(36)31-11-15-7-5-6-14-10-30-12-20(21(14)15)34-22(35)32-23(39-4)33(25(34)37)13-16-8-18(28)19(29)9-17(16)27/h5-10,12H,11,13H2,1-4H3,(H,31,36). The lowest BCUT2D eigenvalue weighted by Gasteiger charge is -2.20. The van der Waals surface area contributed by atoms with Crippen molar-refractivity contribution in [1.82, 2.24) is 24.4 Å². The Kier molecular flexibility index (Phi) is 7.82. The van der Waals surface area contributed by atoms with Crippen molar-refractivity contribution >= 4 is 28.6 Å². The Bertz CT molecular complexity index is 1690. The molecule has 4 rings (SSSR count). The largest absolute Gasteiger partial charge is 0.444 e. The van der Waals surface area contributed by atoms with Gasteiger partial charge in [0.25, 0.3) is 0 Å².